The Labute approximate surface area is 257 Å². The molecule has 0 radical (unpaired) electrons. The van der Waals surface area contributed by atoms with Gasteiger partial charge in [-0.2, -0.15) is 0 Å². The Kier molecular flexibility index (Phi) is 9.10. The molecule has 1 heteroatoms. The van der Waals surface area contributed by atoms with Gasteiger partial charge in [0.25, 0.3) is 0 Å². The first-order valence-corrected chi connectivity index (χ1v) is 15.5. The van der Waals surface area contributed by atoms with Gasteiger partial charge in [0.1, 0.15) is 0 Å². The molecule has 43 heavy (non-hydrogen) atoms. The van der Waals surface area contributed by atoms with Crippen molar-refractivity contribution >= 4 is 35.3 Å². The Morgan fingerprint density at radius 3 is 1.91 bits per heavy atom. The third kappa shape index (κ3) is 7.13. The van der Waals surface area contributed by atoms with E-state index in [9.17, 15) is 0 Å². The van der Waals surface area contributed by atoms with Crippen molar-refractivity contribution in [1.29, 1.82) is 0 Å². The topological polar surface area (TPSA) is 3.24 Å². The zero-order valence-corrected chi connectivity index (χ0v) is 24.9. The van der Waals surface area contributed by atoms with E-state index in [-0.39, 0.29) is 0 Å². The van der Waals surface area contributed by atoms with Crippen LogP contribution in [0.2, 0.25) is 0 Å². The average Bonchev–Trinajstić information content (AvgIpc) is 3.07. The van der Waals surface area contributed by atoms with E-state index in [1.807, 2.05) is 6.07 Å². The molecule has 5 aromatic rings. The molecule has 1 aliphatic rings. The van der Waals surface area contributed by atoms with E-state index in [0.717, 1.165) is 6.42 Å². The van der Waals surface area contributed by atoms with Crippen LogP contribution in [0.3, 0.4) is 0 Å². The Morgan fingerprint density at radius 1 is 0.558 bits per heavy atom. The highest BCUT2D eigenvalue weighted by molar-refractivity contribution is 5.80. The zero-order valence-electron chi connectivity index (χ0n) is 24.9. The fourth-order valence-electron chi connectivity index (χ4n) is 5.91. The van der Waals surface area contributed by atoms with Crippen molar-refractivity contribution in [2.45, 2.75) is 38.5 Å². The average molecular weight is 558 g/mol. The first kappa shape index (κ1) is 28.2. The van der Waals surface area contributed by atoms with Gasteiger partial charge in [0.15, 0.2) is 0 Å². The summed E-state index contributed by atoms with van der Waals surface area (Å²) in [5.41, 5.74) is 11.6. The van der Waals surface area contributed by atoms with E-state index in [1.54, 1.807) is 0 Å². The number of hydrogen-bond donors (Lipinski definition) is 0. The lowest BCUT2D eigenvalue weighted by molar-refractivity contribution is 0.686. The summed E-state index contributed by atoms with van der Waals surface area (Å²) in [6.07, 6.45) is 17.9. The van der Waals surface area contributed by atoms with Crippen LogP contribution < -0.4 is 4.90 Å². The van der Waals surface area contributed by atoms with Crippen molar-refractivity contribution in [1.82, 2.24) is 0 Å². The maximum absolute atomic E-state index is 2.46. The lowest BCUT2D eigenvalue weighted by Gasteiger charge is -2.31. The maximum atomic E-state index is 2.46. The van der Waals surface area contributed by atoms with E-state index in [1.165, 1.54) is 69.7 Å². The third-order valence-corrected chi connectivity index (χ3v) is 8.28. The van der Waals surface area contributed by atoms with Crippen LogP contribution in [0.25, 0.3) is 18.2 Å². The number of rotatable bonds is 9. The number of benzene rings is 5. The van der Waals surface area contributed by atoms with Gasteiger partial charge in [-0.3, -0.25) is 0 Å². The zero-order chi connectivity index (χ0) is 29.3. The van der Waals surface area contributed by atoms with Gasteiger partial charge in [0.05, 0.1) is 0 Å². The fourth-order valence-corrected chi connectivity index (χ4v) is 5.91. The monoisotopic (exact) mass is 557 g/mol. The predicted molar refractivity (Wildman–Crippen MR) is 186 cm³/mol. The Bertz CT molecular complexity index is 1710. The molecule has 0 aliphatic heterocycles. The second-order valence-corrected chi connectivity index (χ2v) is 11.3. The van der Waals surface area contributed by atoms with Gasteiger partial charge >= 0.3 is 0 Å². The summed E-state index contributed by atoms with van der Waals surface area (Å²) in [5.74, 6) is 0.295. The molecule has 5 aromatic carbocycles. The van der Waals surface area contributed by atoms with Crippen molar-refractivity contribution in [3.05, 3.63) is 179 Å². The Morgan fingerprint density at radius 2 is 1.19 bits per heavy atom. The van der Waals surface area contributed by atoms with Crippen LogP contribution in [0.15, 0.2) is 146 Å². The second kappa shape index (κ2) is 13.9. The molecule has 0 saturated heterocycles. The number of fused-ring (bicyclic) bond motifs is 1. The minimum Gasteiger partial charge on any atom is -0.310 e. The van der Waals surface area contributed by atoms with Crippen LogP contribution >= 0.6 is 0 Å². The van der Waals surface area contributed by atoms with Crippen molar-refractivity contribution in [2.24, 2.45) is 0 Å². The molecule has 0 bridgehead atoms. The highest BCUT2D eigenvalue weighted by Crippen LogP contribution is 2.40. The minimum atomic E-state index is 0.295. The minimum absolute atomic E-state index is 0.295. The molecule has 1 atom stereocenters. The molecule has 0 saturated carbocycles. The van der Waals surface area contributed by atoms with Crippen LogP contribution in [0, 0.1) is 0 Å². The molecule has 0 heterocycles. The standard InChI is InChI=1S/C42H39N/c1-33(26-27-35-16-6-3-7-17-35)38-22-12-23-40(32-38)43(42-25-13-21-37-20-10-11-24-41(37)42)39-30-28-36(29-31-39)19-9-8-18-34-14-4-2-5-15-34/h2-9,12-19,21-23,25-33H,10-11,20,24H2,1H3/b18-8+,19-9+,27-26+. The van der Waals surface area contributed by atoms with E-state index in [0.29, 0.717) is 5.92 Å². The summed E-state index contributed by atoms with van der Waals surface area (Å²) >= 11 is 0. The number of nitrogens with zero attached hydrogens (tertiary/aromatic N) is 1. The summed E-state index contributed by atoms with van der Waals surface area (Å²) < 4.78 is 0. The number of anilines is 3. The molecule has 0 fully saturated rings. The largest absolute Gasteiger partial charge is 0.310 e. The molecular weight excluding hydrogens is 518 g/mol. The van der Waals surface area contributed by atoms with Crippen molar-refractivity contribution in [3.63, 3.8) is 0 Å². The van der Waals surface area contributed by atoms with Gasteiger partial charge in [-0.1, -0.05) is 140 Å². The molecule has 6 rings (SSSR count). The van der Waals surface area contributed by atoms with Gasteiger partial charge < -0.3 is 4.90 Å². The fraction of sp³-hybridized carbons (Fsp3) is 0.143. The van der Waals surface area contributed by atoms with Gasteiger partial charge in [-0.15, -0.1) is 0 Å². The lowest BCUT2D eigenvalue weighted by atomic mass is 9.89. The number of aryl methyl sites for hydroxylation is 1. The van der Waals surface area contributed by atoms with E-state index < -0.39 is 0 Å². The molecule has 1 nitrogen and oxygen atoms in total. The van der Waals surface area contributed by atoms with E-state index >= 15 is 0 Å². The van der Waals surface area contributed by atoms with Crippen molar-refractivity contribution < 1.29 is 0 Å². The summed E-state index contributed by atoms with van der Waals surface area (Å²) in [6, 6.07) is 45.8. The summed E-state index contributed by atoms with van der Waals surface area (Å²) in [4.78, 5) is 2.46. The molecule has 212 valence electrons. The Balaban J connectivity index is 1.31. The highest BCUT2D eigenvalue weighted by atomic mass is 15.1. The van der Waals surface area contributed by atoms with Gasteiger partial charge in [0, 0.05) is 17.1 Å². The third-order valence-electron chi connectivity index (χ3n) is 8.28. The first-order valence-electron chi connectivity index (χ1n) is 15.5. The van der Waals surface area contributed by atoms with Gasteiger partial charge in [0.2, 0.25) is 0 Å². The number of allylic oxidation sites excluding steroid dienone is 3. The number of hydrogen-bond acceptors (Lipinski definition) is 1. The lowest BCUT2D eigenvalue weighted by Crippen LogP contribution is -2.15. The van der Waals surface area contributed by atoms with Gasteiger partial charge in [-0.05, 0) is 95.3 Å². The Hall–Kier alpha value is -4.88. The van der Waals surface area contributed by atoms with Crippen LogP contribution in [0.4, 0.5) is 17.1 Å². The SMILES string of the molecule is CC(/C=C/c1ccccc1)c1cccc(N(c2ccc(/C=C/C=C/c3ccccc3)cc2)c2cccc3c2CCCC3)c1. The summed E-state index contributed by atoms with van der Waals surface area (Å²) in [5, 5.41) is 0. The normalized spacial score (nSPS) is 13.9. The van der Waals surface area contributed by atoms with E-state index in [2.05, 4.69) is 170 Å². The second-order valence-electron chi connectivity index (χ2n) is 11.3. The van der Waals surface area contributed by atoms with E-state index in [4.69, 9.17) is 0 Å². The van der Waals surface area contributed by atoms with Crippen molar-refractivity contribution in [2.75, 3.05) is 4.90 Å². The molecule has 1 unspecified atom stereocenters. The summed E-state index contributed by atoms with van der Waals surface area (Å²) in [7, 11) is 0. The van der Waals surface area contributed by atoms with Crippen LogP contribution in [-0.4, -0.2) is 0 Å². The van der Waals surface area contributed by atoms with Gasteiger partial charge in [-0.25, -0.2) is 0 Å². The molecule has 0 N–H and O–H groups in total. The van der Waals surface area contributed by atoms with Crippen LogP contribution in [0.1, 0.15) is 59.1 Å². The predicted octanol–water partition coefficient (Wildman–Crippen LogP) is 11.6. The molecule has 1 aliphatic carbocycles. The summed E-state index contributed by atoms with van der Waals surface area (Å²) in [6.45, 7) is 2.28. The van der Waals surface area contributed by atoms with Crippen LogP contribution in [0.5, 0.6) is 0 Å². The van der Waals surface area contributed by atoms with Crippen molar-refractivity contribution in [3.8, 4) is 0 Å². The molecule has 0 spiro atoms. The van der Waals surface area contributed by atoms with Crippen LogP contribution in [-0.2, 0) is 12.8 Å². The maximum Gasteiger partial charge on any atom is 0.0496 e. The molecule has 0 aromatic heterocycles. The highest BCUT2D eigenvalue weighted by Gasteiger charge is 2.20. The first-order chi connectivity index (χ1) is 21.2. The quantitative estimate of drug-likeness (QED) is 0.163. The smallest absolute Gasteiger partial charge is 0.0496 e. The molecular formula is C42H39N. The molecule has 0 amide bonds.